The predicted molar refractivity (Wildman–Crippen MR) is 91.3 cm³/mol. The topological polar surface area (TPSA) is 69.0 Å². The molecular formula is C18H21NO5S. The van der Waals surface area contributed by atoms with Gasteiger partial charge in [0, 0.05) is 19.0 Å². The zero-order valence-electron chi connectivity index (χ0n) is 14.3. The molecule has 0 saturated heterocycles. The standard InChI is InChI=1S/C18H21NO5S/c1-12-9-15(12)16-5-3-13(24-16)11-19(2)25(20,21)14-4-6-17-18(10-14)23-8-7-22-17/h3-6,10,12,15H,7-9,11H2,1-2H3/t12-,15+/m0/s1. The van der Waals surface area contributed by atoms with E-state index >= 15 is 0 Å². The Hall–Kier alpha value is -1.99. The van der Waals surface area contributed by atoms with E-state index in [1.54, 1.807) is 19.2 Å². The molecule has 7 heteroatoms. The Morgan fingerprint density at radius 2 is 1.84 bits per heavy atom. The molecule has 1 aromatic carbocycles. The van der Waals surface area contributed by atoms with Crippen LogP contribution in [0, 0.1) is 5.92 Å². The Bertz CT molecular complexity index is 889. The number of nitrogens with zero attached hydrogens (tertiary/aromatic N) is 1. The molecule has 2 aliphatic rings. The van der Waals surface area contributed by atoms with Crippen molar-refractivity contribution in [3.8, 4) is 11.5 Å². The van der Waals surface area contributed by atoms with Crippen molar-refractivity contribution in [3.63, 3.8) is 0 Å². The molecule has 6 nitrogen and oxygen atoms in total. The average Bonchev–Trinajstić information content (AvgIpc) is 3.15. The fourth-order valence-electron chi connectivity index (χ4n) is 3.07. The van der Waals surface area contributed by atoms with Crippen LogP contribution in [0.2, 0.25) is 0 Å². The molecule has 0 unspecified atom stereocenters. The summed E-state index contributed by atoms with van der Waals surface area (Å²) in [5, 5.41) is 0. The van der Waals surface area contributed by atoms with Crippen molar-refractivity contribution >= 4 is 10.0 Å². The van der Waals surface area contributed by atoms with Gasteiger partial charge in [0.2, 0.25) is 10.0 Å². The molecule has 2 heterocycles. The highest BCUT2D eigenvalue weighted by atomic mass is 32.2. The fourth-order valence-corrected chi connectivity index (χ4v) is 4.22. The van der Waals surface area contributed by atoms with Gasteiger partial charge in [-0.1, -0.05) is 6.92 Å². The molecule has 0 spiro atoms. The third-order valence-corrected chi connectivity index (χ3v) is 6.56. The summed E-state index contributed by atoms with van der Waals surface area (Å²) in [5.41, 5.74) is 0. The van der Waals surface area contributed by atoms with Gasteiger partial charge in [0.1, 0.15) is 24.7 Å². The van der Waals surface area contributed by atoms with Gasteiger partial charge in [-0.15, -0.1) is 0 Å². The molecule has 1 aliphatic heterocycles. The normalized spacial score (nSPS) is 22.2. The molecule has 0 radical (unpaired) electrons. The van der Waals surface area contributed by atoms with Crippen LogP contribution in [0.25, 0.3) is 0 Å². The van der Waals surface area contributed by atoms with E-state index in [0.717, 1.165) is 12.2 Å². The summed E-state index contributed by atoms with van der Waals surface area (Å²) in [5.74, 6) is 3.77. The molecule has 134 valence electrons. The smallest absolute Gasteiger partial charge is 0.243 e. The van der Waals surface area contributed by atoms with Crippen LogP contribution < -0.4 is 9.47 Å². The summed E-state index contributed by atoms with van der Waals surface area (Å²) < 4.78 is 43.7. The number of hydrogen-bond donors (Lipinski definition) is 0. The van der Waals surface area contributed by atoms with Gasteiger partial charge in [-0.3, -0.25) is 0 Å². The summed E-state index contributed by atoms with van der Waals surface area (Å²) >= 11 is 0. The van der Waals surface area contributed by atoms with Crippen LogP contribution in [-0.2, 0) is 16.6 Å². The van der Waals surface area contributed by atoms with E-state index in [1.807, 2.05) is 12.1 Å². The lowest BCUT2D eigenvalue weighted by Crippen LogP contribution is -2.26. The number of ether oxygens (including phenoxy) is 2. The highest BCUT2D eigenvalue weighted by molar-refractivity contribution is 7.89. The van der Waals surface area contributed by atoms with E-state index in [4.69, 9.17) is 13.9 Å². The number of sulfonamides is 1. The van der Waals surface area contributed by atoms with Crippen LogP contribution in [0.5, 0.6) is 11.5 Å². The SMILES string of the molecule is C[C@H]1C[C@H]1c1ccc(CN(C)S(=O)(=O)c2ccc3c(c2)OCCO3)o1. The molecular weight excluding hydrogens is 342 g/mol. The minimum Gasteiger partial charge on any atom is -0.486 e. The highest BCUT2D eigenvalue weighted by Gasteiger charge is 2.36. The van der Waals surface area contributed by atoms with Crippen LogP contribution >= 0.6 is 0 Å². The van der Waals surface area contributed by atoms with E-state index in [1.165, 1.54) is 10.4 Å². The average molecular weight is 363 g/mol. The van der Waals surface area contributed by atoms with Crippen molar-refractivity contribution in [3.05, 3.63) is 41.9 Å². The monoisotopic (exact) mass is 363 g/mol. The van der Waals surface area contributed by atoms with E-state index < -0.39 is 10.0 Å². The van der Waals surface area contributed by atoms with Gasteiger partial charge in [-0.2, -0.15) is 4.31 Å². The first-order valence-corrected chi connectivity index (χ1v) is 9.84. The second kappa shape index (κ2) is 6.07. The van der Waals surface area contributed by atoms with Crippen LogP contribution in [0.3, 0.4) is 0 Å². The van der Waals surface area contributed by atoms with Crippen LogP contribution in [0.4, 0.5) is 0 Å². The molecule has 0 bridgehead atoms. The third kappa shape index (κ3) is 3.14. The number of fused-ring (bicyclic) bond motifs is 1. The summed E-state index contributed by atoms with van der Waals surface area (Å²) in [7, 11) is -2.09. The first-order valence-electron chi connectivity index (χ1n) is 8.40. The zero-order chi connectivity index (χ0) is 17.6. The van der Waals surface area contributed by atoms with Crippen LogP contribution in [0.15, 0.2) is 39.6 Å². The molecule has 1 fully saturated rings. The van der Waals surface area contributed by atoms with Crippen LogP contribution in [-0.4, -0.2) is 33.0 Å². The number of furan rings is 1. The van der Waals surface area contributed by atoms with Crippen LogP contribution in [0.1, 0.15) is 30.8 Å². The van der Waals surface area contributed by atoms with Crippen molar-refractivity contribution in [1.29, 1.82) is 0 Å². The number of hydrogen-bond acceptors (Lipinski definition) is 5. The molecule has 2 aromatic rings. The lowest BCUT2D eigenvalue weighted by atomic mass is 10.3. The Balaban J connectivity index is 1.52. The maximum absolute atomic E-state index is 12.8. The molecule has 1 aromatic heterocycles. The van der Waals surface area contributed by atoms with E-state index in [-0.39, 0.29) is 11.4 Å². The molecule has 4 rings (SSSR count). The molecule has 0 N–H and O–H groups in total. The zero-order valence-corrected chi connectivity index (χ0v) is 15.1. The van der Waals surface area contributed by atoms with Gasteiger partial charge < -0.3 is 13.9 Å². The lowest BCUT2D eigenvalue weighted by molar-refractivity contribution is 0.171. The minimum absolute atomic E-state index is 0.182. The summed E-state index contributed by atoms with van der Waals surface area (Å²) in [6, 6.07) is 8.50. The second-order valence-corrected chi connectivity index (χ2v) is 8.73. The maximum atomic E-state index is 12.8. The number of rotatable bonds is 5. The first-order chi connectivity index (χ1) is 11.9. The van der Waals surface area contributed by atoms with Gasteiger partial charge in [0.15, 0.2) is 11.5 Å². The van der Waals surface area contributed by atoms with Crippen molar-refractivity contribution < 1.29 is 22.3 Å². The molecule has 1 saturated carbocycles. The largest absolute Gasteiger partial charge is 0.486 e. The minimum atomic E-state index is -3.64. The second-order valence-electron chi connectivity index (χ2n) is 6.69. The van der Waals surface area contributed by atoms with Gasteiger partial charge >= 0.3 is 0 Å². The Kier molecular flexibility index (Phi) is 4.00. The molecule has 1 aliphatic carbocycles. The summed E-state index contributed by atoms with van der Waals surface area (Å²) in [4.78, 5) is 0.182. The van der Waals surface area contributed by atoms with Gasteiger partial charge in [0.25, 0.3) is 0 Å². The fraction of sp³-hybridized carbons (Fsp3) is 0.444. The van der Waals surface area contributed by atoms with Gasteiger partial charge in [-0.25, -0.2) is 8.42 Å². The molecule has 2 atom stereocenters. The Labute approximate surface area is 147 Å². The predicted octanol–water partition coefficient (Wildman–Crippen LogP) is 2.99. The lowest BCUT2D eigenvalue weighted by Gasteiger charge is -2.20. The summed E-state index contributed by atoms with van der Waals surface area (Å²) in [6.45, 7) is 3.27. The van der Waals surface area contributed by atoms with Crippen molar-refractivity contribution in [2.24, 2.45) is 5.92 Å². The molecule has 0 amide bonds. The van der Waals surface area contributed by atoms with Gasteiger partial charge in [-0.05, 0) is 36.6 Å². The van der Waals surface area contributed by atoms with Gasteiger partial charge in [0.05, 0.1) is 11.4 Å². The van der Waals surface area contributed by atoms with Crippen molar-refractivity contribution in [2.45, 2.75) is 30.7 Å². The van der Waals surface area contributed by atoms with E-state index in [2.05, 4.69) is 6.92 Å². The van der Waals surface area contributed by atoms with E-state index in [0.29, 0.717) is 42.3 Å². The quantitative estimate of drug-likeness (QED) is 0.817. The highest BCUT2D eigenvalue weighted by Crippen LogP contribution is 2.47. The van der Waals surface area contributed by atoms with E-state index in [9.17, 15) is 8.42 Å². The summed E-state index contributed by atoms with van der Waals surface area (Å²) in [6.07, 6.45) is 1.14. The first kappa shape index (κ1) is 16.5. The van der Waals surface area contributed by atoms with Crippen molar-refractivity contribution in [1.82, 2.24) is 4.31 Å². The molecule has 25 heavy (non-hydrogen) atoms. The Morgan fingerprint density at radius 3 is 2.56 bits per heavy atom. The maximum Gasteiger partial charge on any atom is 0.243 e. The third-order valence-electron chi connectivity index (χ3n) is 4.76. The van der Waals surface area contributed by atoms with Crippen molar-refractivity contribution in [2.75, 3.05) is 20.3 Å². The number of benzene rings is 1. The Morgan fingerprint density at radius 1 is 1.12 bits per heavy atom.